The van der Waals surface area contributed by atoms with Gasteiger partial charge in [0.05, 0.1) is 13.1 Å². The molecule has 2 fully saturated rings. The average molecular weight is 328 g/mol. The predicted octanol–water partition coefficient (Wildman–Crippen LogP) is 3.27. The van der Waals surface area contributed by atoms with Crippen LogP contribution in [0.15, 0.2) is 18.2 Å². The van der Waals surface area contributed by atoms with Crippen molar-refractivity contribution in [2.45, 2.75) is 44.4 Å². The van der Waals surface area contributed by atoms with Crippen molar-refractivity contribution in [3.63, 3.8) is 0 Å². The van der Waals surface area contributed by atoms with Crippen LogP contribution in [0.5, 0.6) is 5.88 Å². The zero-order valence-electron chi connectivity index (χ0n) is 12.7. The molecular weight excluding hydrogens is 309 g/mol. The standard InChI is InChI=1S/C16H19F3N2O2/c17-16(18,19)13-6-3-7-14(20-13)23-12-9-21(10-12)15(22)8-11-4-1-2-5-11/h3,6-7,11-12H,1-2,4-5,8-10H2. The van der Waals surface area contributed by atoms with Crippen LogP contribution in [-0.4, -0.2) is 35.0 Å². The minimum atomic E-state index is -4.48. The number of likely N-dealkylation sites (tertiary alicyclic amines) is 1. The first-order chi connectivity index (χ1) is 10.9. The van der Waals surface area contributed by atoms with Crippen molar-refractivity contribution in [3.8, 4) is 5.88 Å². The summed E-state index contributed by atoms with van der Waals surface area (Å²) < 4.78 is 43.2. The van der Waals surface area contributed by atoms with Gasteiger partial charge in [-0.15, -0.1) is 0 Å². The molecule has 0 spiro atoms. The molecule has 2 aliphatic rings. The van der Waals surface area contributed by atoms with Crippen LogP contribution in [-0.2, 0) is 11.0 Å². The van der Waals surface area contributed by atoms with Crippen molar-refractivity contribution in [3.05, 3.63) is 23.9 Å². The molecule has 0 N–H and O–H groups in total. The second-order valence-electron chi connectivity index (χ2n) is 6.25. The third kappa shape index (κ3) is 3.95. The van der Waals surface area contributed by atoms with E-state index in [1.807, 2.05) is 0 Å². The molecule has 23 heavy (non-hydrogen) atoms. The van der Waals surface area contributed by atoms with Crippen LogP contribution in [0.1, 0.15) is 37.8 Å². The molecule has 1 aromatic heterocycles. The minimum absolute atomic E-state index is 0.0484. The second-order valence-corrected chi connectivity index (χ2v) is 6.25. The normalized spacial score (nSPS) is 19.7. The molecule has 1 saturated heterocycles. The van der Waals surface area contributed by atoms with Gasteiger partial charge in [0.25, 0.3) is 0 Å². The number of alkyl halides is 3. The van der Waals surface area contributed by atoms with Crippen LogP contribution in [0.25, 0.3) is 0 Å². The van der Waals surface area contributed by atoms with E-state index in [9.17, 15) is 18.0 Å². The lowest BCUT2D eigenvalue weighted by atomic mass is 10.0. The number of rotatable bonds is 4. The summed E-state index contributed by atoms with van der Waals surface area (Å²) in [6.45, 7) is 0.840. The molecule has 0 bridgehead atoms. The Morgan fingerprint density at radius 2 is 1.96 bits per heavy atom. The highest BCUT2D eigenvalue weighted by atomic mass is 19.4. The van der Waals surface area contributed by atoms with Crippen LogP contribution in [0.4, 0.5) is 13.2 Å². The summed E-state index contributed by atoms with van der Waals surface area (Å²) in [4.78, 5) is 17.2. The van der Waals surface area contributed by atoms with Gasteiger partial charge in [-0.25, -0.2) is 4.98 Å². The van der Waals surface area contributed by atoms with E-state index >= 15 is 0 Å². The van der Waals surface area contributed by atoms with Crippen LogP contribution in [0.3, 0.4) is 0 Å². The first-order valence-corrected chi connectivity index (χ1v) is 7.90. The summed E-state index contributed by atoms with van der Waals surface area (Å²) in [6, 6.07) is 3.58. The van der Waals surface area contributed by atoms with Crippen molar-refractivity contribution >= 4 is 5.91 Å². The van der Waals surface area contributed by atoms with Gasteiger partial charge in [-0.1, -0.05) is 18.9 Å². The average Bonchev–Trinajstić information content (AvgIpc) is 2.94. The summed E-state index contributed by atoms with van der Waals surface area (Å²) >= 11 is 0. The molecule has 3 rings (SSSR count). The molecule has 1 aliphatic carbocycles. The molecule has 4 nitrogen and oxygen atoms in total. The van der Waals surface area contributed by atoms with E-state index in [1.54, 1.807) is 4.90 Å². The zero-order chi connectivity index (χ0) is 16.4. The van der Waals surface area contributed by atoms with Gasteiger partial charge in [0, 0.05) is 12.5 Å². The fourth-order valence-corrected chi connectivity index (χ4v) is 3.12. The molecule has 0 unspecified atom stereocenters. The molecule has 2 heterocycles. The van der Waals surface area contributed by atoms with Gasteiger partial charge >= 0.3 is 6.18 Å². The molecule has 1 amide bonds. The SMILES string of the molecule is O=C(CC1CCCC1)N1CC(Oc2cccc(C(F)(F)F)n2)C1. The van der Waals surface area contributed by atoms with E-state index in [0.717, 1.165) is 18.9 Å². The van der Waals surface area contributed by atoms with E-state index in [-0.39, 0.29) is 17.9 Å². The molecular formula is C16H19F3N2O2. The van der Waals surface area contributed by atoms with E-state index in [2.05, 4.69) is 4.98 Å². The maximum atomic E-state index is 12.6. The number of ether oxygens (including phenoxy) is 1. The Bertz CT molecular complexity index is 565. The van der Waals surface area contributed by atoms with Gasteiger partial charge < -0.3 is 9.64 Å². The quantitative estimate of drug-likeness (QED) is 0.852. The topological polar surface area (TPSA) is 42.4 Å². The van der Waals surface area contributed by atoms with Gasteiger partial charge in [-0.2, -0.15) is 13.2 Å². The van der Waals surface area contributed by atoms with E-state index in [1.165, 1.54) is 25.0 Å². The van der Waals surface area contributed by atoms with Crippen molar-refractivity contribution in [2.75, 3.05) is 13.1 Å². The van der Waals surface area contributed by atoms with Crippen LogP contribution < -0.4 is 4.74 Å². The monoisotopic (exact) mass is 328 g/mol. The Morgan fingerprint density at radius 3 is 2.61 bits per heavy atom. The fraction of sp³-hybridized carbons (Fsp3) is 0.625. The van der Waals surface area contributed by atoms with E-state index in [0.29, 0.717) is 25.4 Å². The molecule has 1 aromatic rings. The van der Waals surface area contributed by atoms with E-state index < -0.39 is 11.9 Å². The Morgan fingerprint density at radius 1 is 1.26 bits per heavy atom. The Kier molecular flexibility index (Phi) is 4.46. The van der Waals surface area contributed by atoms with Crippen molar-refractivity contribution < 1.29 is 22.7 Å². The number of amides is 1. The molecule has 0 atom stereocenters. The fourth-order valence-electron chi connectivity index (χ4n) is 3.12. The number of carbonyl (C=O) groups is 1. The van der Waals surface area contributed by atoms with Gasteiger partial charge in [-0.3, -0.25) is 4.79 Å². The number of pyridine rings is 1. The number of carbonyl (C=O) groups excluding carboxylic acids is 1. The Labute approximate surface area is 132 Å². The third-order valence-electron chi connectivity index (χ3n) is 4.44. The van der Waals surface area contributed by atoms with Crippen molar-refractivity contribution in [1.29, 1.82) is 0 Å². The lowest BCUT2D eigenvalue weighted by Gasteiger charge is -2.39. The lowest BCUT2D eigenvalue weighted by Crippen LogP contribution is -2.56. The molecule has 1 aliphatic heterocycles. The first-order valence-electron chi connectivity index (χ1n) is 7.90. The number of hydrogen-bond donors (Lipinski definition) is 0. The Balaban J connectivity index is 1.47. The molecule has 7 heteroatoms. The first kappa shape index (κ1) is 16.1. The maximum absolute atomic E-state index is 12.6. The highest BCUT2D eigenvalue weighted by Crippen LogP contribution is 2.30. The third-order valence-corrected chi connectivity index (χ3v) is 4.44. The Hall–Kier alpha value is -1.79. The molecule has 0 aromatic carbocycles. The predicted molar refractivity (Wildman–Crippen MR) is 76.8 cm³/mol. The van der Waals surface area contributed by atoms with Crippen LogP contribution >= 0.6 is 0 Å². The maximum Gasteiger partial charge on any atom is 0.433 e. The molecule has 1 saturated carbocycles. The largest absolute Gasteiger partial charge is 0.471 e. The summed E-state index contributed by atoms with van der Waals surface area (Å²) in [7, 11) is 0. The van der Waals surface area contributed by atoms with Gasteiger partial charge in [0.1, 0.15) is 11.8 Å². The number of hydrogen-bond acceptors (Lipinski definition) is 3. The smallest absolute Gasteiger partial charge is 0.433 e. The molecule has 0 radical (unpaired) electrons. The molecule has 126 valence electrons. The van der Waals surface area contributed by atoms with Crippen molar-refractivity contribution in [2.24, 2.45) is 5.92 Å². The summed E-state index contributed by atoms with van der Waals surface area (Å²) in [6.07, 6.45) is 0.451. The van der Waals surface area contributed by atoms with Crippen LogP contribution in [0.2, 0.25) is 0 Å². The van der Waals surface area contributed by atoms with Crippen LogP contribution in [0, 0.1) is 5.92 Å². The summed E-state index contributed by atoms with van der Waals surface area (Å²) in [5.41, 5.74) is -0.969. The lowest BCUT2D eigenvalue weighted by molar-refractivity contribution is -0.142. The summed E-state index contributed by atoms with van der Waals surface area (Å²) in [5, 5.41) is 0. The van der Waals surface area contributed by atoms with Gasteiger partial charge in [-0.05, 0) is 24.8 Å². The summed E-state index contributed by atoms with van der Waals surface area (Å²) in [5.74, 6) is 0.564. The second kappa shape index (κ2) is 6.37. The zero-order valence-corrected chi connectivity index (χ0v) is 12.7. The van der Waals surface area contributed by atoms with Crippen molar-refractivity contribution in [1.82, 2.24) is 9.88 Å². The number of aromatic nitrogens is 1. The highest BCUT2D eigenvalue weighted by Gasteiger charge is 2.35. The number of halogens is 3. The minimum Gasteiger partial charge on any atom is -0.471 e. The van der Waals surface area contributed by atoms with Gasteiger partial charge in [0.15, 0.2) is 0 Å². The highest BCUT2D eigenvalue weighted by molar-refractivity contribution is 5.77. The number of nitrogens with zero attached hydrogens (tertiary/aromatic N) is 2. The van der Waals surface area contributed by atoms with Gasteiger partial charge in [0.2, 0.25) is 11.8 Å². The van der Waals surface area contributed by atoms with E-state index in [4.69, 9.17) is 4.74 Å².